The van der Waals surface area contributed by atoms with Gasteiger partial charge in [-0.15, -0.1) is 0 Å². The summed E-state index contributed by atoms with van der Waals surface area (Å²) in [6, 6.07) is 8.41. The molecule has 1 aromatic rings. The van der Waals surface area contributed by atoms with E-state index in [1.807, 2.05) is 0 Å². The van der Waals surface area contributed by atoms with Crippen molar-refractivity contribution < 1.29 is 0 Å². The van der Waals surface area contributed by atoms with Crippen LogP contribution in [0, 0.1) is 11.8 Å². The molecule has 1 rings (SSSR count). The highest BCUT2D eigenvalue weighted by Gasteiger charge is 2.00. The molecule has 0 saturated carbocycles. The molecule has 1 nitrogen and oxygen atoms in total. The van der Waals surface area contributed by atoms with Crippen molar-refractivity contribution >= 4 is 0 Å². The molecule has 0 aliphatic heterocycles. The van der Waals surface area contributed by atoms with Gasteiger partial charge in [-0.25, -0.2) is 0 Å². The van der Waals surface area contributed by atoms with Gasteiger partial charge >= 0.3 is 0 Å². The smallest absolute Gasteiger partial charge is 0.0555 e. The topological polar surface area (TPSA) is 26.0 Å². The molecule has 0 aliphatic carbocycles. The Morgan fingerprint density at radius 3 is 2.43 bits per heavy atom. The van der Waals surface area contributed by atoms with Crippen LogP contribution < -0.4 is 5.73 Å². The van der Waals surface area contributed by atoms with E-state index in [0.29, 0.717) is 12.5 Å². The highest BCUT2D eigenvalue weighted by molar-refractivity contribution is 5.37. The van der Waals surface area contributed by atoms with Gasteiger partial charge in [-0.3, -0.25) is 0 Å². The van der Waals surface area contributed by atoms with E-state index < -0.39 is 0 Å². The largest absolute Gasteiger partial charge is 0.320 e. The lowest BCUT2D eigenvalue weighted by atomic mass is 9.98. The number of nitrogens with two attached hydrogens (primary N) is 1. The monoisotopic (exact) mass is 187 g/mol. The maximum atomic E-state index is 5.30. The van der Waals surface area contributed by atoms with E-state index in [1.54, 1.807) is 0 Å². The van der Waals surface area contributed by atoms with Crippen molar-refractivity contribution in [2.45, 2.75) is 26.2 Å². The van der Waals surface area contributed by atoms with Crippen LogP contribution in [0.25, 0.3) is 0 Å². The fourth-order valence-electron chi connectivity index (χ4n) is 1.28. The third-order valence-electron chi connectivity index (χ3n) is 2.43. The SMILES string of the molecule is CCC(C)c1ccc(C#CCN)cc1. The molecule has 14 heavy (non-hydrogen) atoms. The summed E-state index contributed by atoms with van der Waals surface area (Å²) in [7, 11) is 0. The van der Waals surface area contributed by atoms with E-state index in [9.17, 15) is 0 Å². The highest BCUT2D eigenvalue weighted by Crippen LogP contribution is 2.18. The van der Waals surface area contributed by atoms with Gasteiger partial charge < -0.3 is 5.73 Å². The van der Waals surface area contributed by atoms with Crippen molar-refractivity contribution in [3.8, 4) is 11.8 Å². The molecule has 1 aromatic carbocycles. The van der Waals surface area contributed by atoms with Gasteiger partial charge in [0, 0.05) is 5.56 Å². The molecule has 0 heterocycles. The number of rotatable bonds is 2. The van der Waals surface area contributed by atoms with Gasteiger partial charge in [0.2, 0.25) is 0 Å². The minimum atomic E-state index is 0.424. The Kier molecular flexibility index (Phi) is 4.22. The van der Waals surface area contributed by atoms with E-state index in [4.69, 9.17) is 5.73 Å². The molecule has 1 unspecified atom stereocenters. The first kappa shape index (κ1) is 10.8. The van der Waals surface area contributed by atoms with Crippen LogP contribution >= 0.6 is 0 Å². The maximum Gasteiger partial charge on any atom is 0.0555 e. The minimum absolute atomic E-state index is 0.424. The first-order valence-electron chi connectivity index (χ1n) is 5.06. The molecule has 0 radical (unpaired) electrons. The van der Waals surface area contributed by atoms with Gasteiger partial charge in [0.1, 0.15) is 0 Å². The Labute approximate surface area is 86.3 Å². The standard InChI is InChI=1S/C13H17N/c1-3-11(2)13-8-6-12(7-9-13)5-4-10-14/h6-9,11H,3,10,14H2,1-2H3. The van der Waals surface area contributed by atoms with E-state index in [0.717, 1.165) is 5.56 Å². The average Bonchev–Trinajstić information content (AvgIpc) is 2.26. The van der Waals surface area contributed by atoms with Crippen LogP contribution in [0.15, 0.2) is 24.3 Å². The average molecular weight is 187 g/mol. The van der Waals surface area contributed by atoms with Crippen LogP contribution in [0.1, 0.15) is 37.3 Å². The maximum absolute atomic E-state index is 5.30. The van der Waals surface area contributed by atoms with Gasteiger partial charge in [-0.05, 0) is 30.0 Å². The normalized spacial score (nSPS) is 11.6. The Morgan fingerprint density at radius 1 is 1.29 bits per heavy atom. The second-order valence-corrected chi connectivity index (χ2v) is 3.44. The summed E-state index contributed by atoms with van der Waals surface area (Å²) in [4.78, 5) is 0. The van der Waals surface area contributed by atoms with Crippen LogP contribution in [0.5, 0.6) is 0 Å². The zero-order valence-corrected chi connectivity index (χ0v) is 8.88. The lowest BCUT2D eigenvalue weighted by Crippen LogP contribution is -1.93. The molecular formula is C13H17N. The molecule has 0 aromatic heterocycles. The fourth-order valence-corrected chi connectivity index (χ4v) is 1.28. The third-order valence-corrected chi connectivity index (χ3v) is 2.43. The van der Waals surface area contributed by atoms with E-state index >= 15 is 0 Å². The second kappa shape index (κ2) is 5.47. The van der Waals surface area contributed by atoms with Crippen LogP contribution in [0.3, 0.4) is 0 Å². The van der Waals surface area contributed by atoms with E-state index in [1.165, 1.54) is 12.0 Å². The van der Waals surface area contributed by atoms with Crippen LogP contribution in [0.2, 0.25) is 0 Å². The van der Waals surface area contributed by atoms with Crippen LogP contribution in [-0.2, 0) is 0 Å². The zero-order chi connectivity index (χ0) is 10.4. The molecule has 0 bridgehead atoms. The van der Waals surface area contributed by atoms with Crippen LogP contribution in [-0.4, -0.2) is 6.54 Å². The summed E-state index contributed by atoms with van der Waals surface area (Å²) in [5, 5.41) is 0. The van der Waals surface area contributed by atoms with Gasteiger partial charge in [0.05, 0.1) is 6.54 Å². The molecule has 0 saturated heterocycles. The Morgan fingerprint density at radius 2 is 1.93 bits per heavy atom. The molecule has 0 spiro atoms. The number of benzene rings is 1. The summed E-state index contributed by atoms with van der Waals surface area (Å²) >= 11 is 0. The summed E-state index contributed by atoms with van der Waals surface area (Å²) < 4.78 is 0. The molecule has 2 N–H and O–H groups in total. The van der Waals surface area contributed by atoms with Crippen molar-refractivity contribution in [2.75, 3.05) is 6.54 Å². The highest BCUT2D eigenvalue weighted by atomic mass is 14.5. The van der Waals surface area contributed by atoms with Gasteiger partial charge in [0.15, 0.2) is 0 Å². The lowest BCUT2D eigenvalue weighted by molar-refractivity contribution is 0.733. The van der Waals surface area contributed by atoms with Crippen molar-refractivity contribution in [2.24, 2.45) is 5.73 Å². The first-order valence-corrected chi connectivity index (χ1v) is 5.06. The molecule has 0 fully saturated rings. The zero-order valence-electron chi connectivity index (χ0n) is 8.88. The quantitative estimate of drug-likeness (QED) is 0.707. The predicted molar refractivity (Wildman–Crippen MR) is 61.1 cm³/mol. The van der Waals surface area contributed by atoms with Gasteiger partial charge in [-0.2, -0.15) is 0 Å². The molecule has 74 valence electrons. The van der Waals surface area contributed by atoms with Gasteiger partial charge in [0.25, 0.3) is 0 Å². The minimum Gasteiger partial charge on any atom is -0.320 e. The predicted octanol–water partition coefficient (Wildman–Crippen LogP) is 2.51. The van der Waals surface area contributed by atoms with Gasteiger partial charge in [-0.1, -0.05) is 37.8 Å². The molecule has 0 aliphatic rings. The molecule has 1 heteroatoms. The van der Waals surface area contributed by atoms with Crippen molar-refractivity contribution in [3.05, 3.63) is 35.4 Å². The number of hydrogen-bond donors (Lipinski definition) is 1. The summed E-state index contributed by atoms with van der Waals surface area (Å²) in [5.74, 6) is 6.49. The first-order chi connectivity index (χ1) is 6.77. The second-order valence-electron chi connectivity index (χ2n) is 3.44. The van der Waals surface area contributed by atoms with Crippen molar-refractivity contribution in [3.63, 3.8) is 0 Å². The Bertz CT molecular complexity index is 326. The lowest BCUT2D eigenvalue weighted by Gasteiger charge is -2.07. The summed E-state index contributed by atoms with van der Waals surface area (Å²) in [6.07, 6.45) is 1.17. The van der Waals surface area contributed by atoms with E-state index in [2.05, 4.69) is 50.0 Å². The molecular weight excluding hydrogens is 170 g/mol. The summed E-state index contributed by atoms with van der Waals surface area (Å²) in [6.45, 7) is 4.86. The molecule has 1 atom stereocenters. The molecule has 0 amide bonds. The van der Waals surface area contributed by atoms with Crippen molar-refractivity contribution in [1.82, 2.24) is 0 Å². The fraction of sp³-hybridized carbons (Fsp3) is 0.385. The van der Waals surface area contributed by atoms with E-state index in [-0.39, 0.29) is 0 Å². The third kappa shape index (κ3) is 2.90. The van der Waals surface area contributed by atoms with Crippen molar-refractivity contribution in [1.29, 1.82) is 0 Å². The number of hydrogen-bond acceptors (Lipinski definition) is 1. The Hall–Kier alpha value is -1.26. The van der Waals surface area contributed by atoms with Crippen LogP contribution in [0.4, 0.5) is 0 Å². The Balaban J connectivity index is 2.78. The summed E-state index contributed by atoms with van der Waals surface area (Å²) in [5.41, 5.74) is 7.73.